The third-order valence-corrected chi connectivity index (χ3v) is 3.98. The second-order valence-electron chi connectivity index (χ2n) is 6.05. The van der Waals surface area contributed by atoms with Crippen molar-refractivity contribution < 1.29 is 35.0 Å². The Morgan fingerprint density at radius 1 is 0.846 bits per heavy atom. The zero-order valence-electron chi connectivity index (χ0n) is 13.8. The first-order valence-electron chi connectivity index (χ1n) is 8.06. The van der Waals surface area contributed by atoms with E-state index in [1.807, 2.05) is 0 Å². The smallest absolute Gasteiger partial charge is 0.228 e. The second kappa shape index (κ2) is 7.76. The molecule has 1 aliphatic heterocycles. The lowest BCUT2D eigenvalue weighted by Crippen LogP contribution is -2.54. The molecule has 0 bridgehead atoms. The number of phenols is 2. The first-order chi connectivity index (χ1) is 12.4. The minimum absolute atomic E-state index is 0.0428. The van der Waals surface area contributed by atoms with Gasteiger partial charge >= 0.3 is 0 Å². The van der Waals surface area contributed by atoms with E-state index in [4.69, 9.17) is 9.47 Å². The Labute approximate surface area is 150 Å². The van der Waals surface area contributed by atoms with Crippen LogP contribution in [0.1, 0.15) is 11.1 Å². The molecule has 1 fully saturated rings. The number of aromatic hydroxyl groups is 2. The Balaban J connectivity index is 1.74. The van der Waals surface area contributed by atoms with Crippen molar-refractivity contribution in [3.05, 3.63) is 53.6 Å². The molecule has 7 nitrogen and oxygen atoms in total. The first-order valence-corrected chi connectivity index (χ1v) is 8.06. The maximum absolute atomic E-state index is 9.93. The molecule has 2 aromatic carbocycles. The molecular formula is C19H20O7. The van der Waals surface area contributed by atoms with Crippen LogP contribution in [-0.4, -0.2) is 56.7 Å². The van der Waals surface area contributed by atoms with E-state index in [9.17, 15) is 25.5 Å². The fraction of sp³-hybridized carbons (Fsp3) is 0.263. The molecule has 7 heteroatoms. The van der Waals surface area contributed by atoms with Crippen molar-refractivity contribution in [2.24, 2.45) is 0 Å². The predicted octanol–water partition coefficient (Wildman–Crippen LogP) is 1.09. The van der Waals surface area contributed by atoms with Crippen molar-refractivity contribution in [3.8, 4) is 17.2 Å². The summed E-state index contributed by atoms with van der Waals surface area (Å²) in [7, 11) is 0. The third-order valence-electron chi connectivity index (χ3n) is 3.98. The van der Waals surface area contributed by atoms with Crippen molar-refractivity contribution in [1.82, 2.24) is 0 Å². The highest BCUT2D eigenvalue weighted by Crippen LogP contribution is 2.27. The zero-order valence-corrected chi connectivity index (χ0v) is 13.8. The third kappa shape index (κ3) is 4.33. The van der Waals surface area contributed by atoms with Gasteiger partial charge in [-0.2, -0.15) is 0 Å². The standard InChI is InChI=1S/C19H20O7/c20-13-5-3-11(4-6-13)1-2-12-7-14(21)9-15(8-12)26-19-18(24)17(23)16(22)10-25-19/h1-9,16-24H,10H2/b2-1+/t16-,17-,18+,19-/m0/s1. The van der Waals surface area contributed by atoms with Crippen LogP contribution in [0.5, 0.6) is 17.2 Å². The van der Waals surface area contributed by atoms with Gasteiger partial charge in [-0.15, -0.1) is 0 Å². The summed E-state index contributed by atoms with van der Waals surface area (Å²) in [5.74, 6) is 0.371. The van der Waals surface area contributed by atoms with Crippen LogP contribution in [0.2, 0.25) is 0 Å². The van der Waals surface area contributed by atoms with E-state index >= 15 is 0 Å². The molecule has 1 aliphatic rings. The molecule has 1 saturated heterocycles. The largest absolute Gasteiger partial charge is 0.508 e. The molecule has 26 heavy (non-hydrogen) atoms. The summed E-state index contributed by atoms with van der Waals surface area (Å²) < 4.78 is 10.7. The molecule has 0 aromatic heterocycles. The summed E-state index contributed by atoms with van der Waals surface area (Å²) in [6, 6.07) is 11.1. The van der Waals surface area contributed by atoms with Crippen molar-refractivity contribution in [3.63, 3.8) is 0 Å². The maximum atomic E-state index is 9.93. The molecule has 0 radical (unpaired) electrons. The highest BCUT2D eigenvalue weighted by Gasteiger charge is 2.39. The Kier molecular flexibility index (Phi) is 5.43. The summed E-state index contributed by atoms with van der Waals surface area (Å²) >= 11 is 0. The summed E-state index contributed by atoms with van der Waals surface area (Å²) in [6.07, 6.45) is -1.60. The van der Waals surface area contributed by atoms with E-state index in [2.05, 4.69) is 0 Å². The highest BCUT2D eigenvalue weighted by molar-refractivity contribution is 5.71. The predicted molar refractivity (Wildman–Crippen MR) is 93.5 cm³/mol. The fourth-order valence-electron chi connectivity index (χ4n) is 2.56. The Bertz CT molecular complexity index is 772. The Morgan fingerprint density at radius 3 is 2.27 bits per heavy atom. The fourth-order valence-corrected chi connectivity index (χ4v) is 2.56. The molecule has 3 rings (SSSR count). The zero-order chi connectivity index (χ0) is 18.7. The molecule has 0 saturated carbocycles. The van der Waals surface area contributed by atoms with Gasteiger partial charge in [0.1, 0.15) is 35.6 Å². The van der Waals surface area contributed by atoms with Crippen LogP contribution >= 0.6 is 0 Å². The van der Waals surface area contributed by atoms with Gasteiger partial charge in [0.25, 0.3) is 0 Å². The lowest BCUT2D eigenvalue weighted by atomic mass is 10.1. The van der Waals surface area contributed by atoms with Gasteiger partial charge in [-0.05, 0) is 35.4 Å². The van der Waals surface area contributed by atoms with Crippen molar-refractivity contribution in [2.75, 3.05) is 6.61 Å². The molecule has 4 atom stereocenters. The number of rotatable bonds is 4. The van der Waals surface area contributed by atoms with Gasteiger partial charge < -0.3 is 35.0 Å². The van der Waals surface area contributed by atoms with E-state index in [1.54, 1.807) is 42.5 Å². The number of ether oxygens (including phenoxy) is 2. The number of hydrogen-bond donors (Lipinski definition) is 5. The number of hydrogen-bond acceptors (Lipinski definition) is 7. The van der Waals surface area contributed by atoms with Crippen LogP contribution in [0, 0.1) is 0 Å². The van der Waals surface area contributed by atoms with E-state index in [1.165, 1.54) is 12.1 Å². The van der Waals surface area contributed by atoms with Crippen LogP contribution in [0.15, 0.2) is 42.5 Å². The molecule has 0 spiro atoms. The van der Waals surface area contributed by atoms with Crippen LogP contribution in [0.4, 0.5) is 0 Å². The van der Waals surface area contributed by atoms with Crippen LogP contribution in [0.3, 0.4) is 0 Å². The average molecular weight is 360 g/mol. The Morgan fingerprint density at radius 2 is 1.54 bits per heavy atom. The van der Waals surface area contributed by atoms with Gasteiger partial charge in [-0.3, -0.25) is 0 Å². The lowest BCUT2D eigenvalue weighted by molar-refractivity contribution is -0.242. The maximum Gasteiger partial charge on any atom is 0.228 e. The number of benzene rings is 2. The van der Waals surface area contributed by atoms with Gasteiger partial charge in [0.15, 0.2) is 0 Å². The van der Waals surface area contributed by atoms with E-state index in [0.29, 0.717) is 5.56 Å². The highest BCUT2D eigenvalue weighted by atomic mass is 16.7. The monoisotopic (exact) mass is 360 g/mol. The normalized spacial score (nSPS) is 26.1. The topological polar surface area (TPSA) is 120 Å². The molecule has 0 aliphatic carbocycles. The van der Waals surface area contributed by atoms with Gasteiger partial charge in [0.05, 0.1) is 6.61 Å². The molecule has 0 unspecified atom stereocenters. The molecule has 138 valence electrons. The lowest BCUT2D eigenvalue weighted by Gasteiger charge is -2.34. The minimum Gasteiger partial charge on any atom is -0.508 e. The molecular weight excluding hydrogens is 340 g/mol. The van der Waals surface area contributed by atoms with Gasteiger partial charge in [0.2, 0.25) is 6.29 Å². The summed E-state index contributed by atoms with van der Waals surface area (Å²) in [5.41, 5.74) is 1.50. The van der Waals surface area contributed by atoms with E-state index < -0.39 is 24.6 Å². The summed E-state index contributed by atoms with van der Waals surface area (Å²) in [4.78, 5) is 0. The van der Waals surface area contributed by atoms with E-state index in [0.717, 1.165) is 5.56 Å². The molecule has 1 heterocycles. The van der Waals surface area contributed by atoms with Crippen LogP contribution < -0.4 is 4.74 Å². The van der Waals surface area contributed by atoms with Gasteiger partial charge in [-0.1, -0.05) is 24.3 Å². The van der Waals surface area contributed by atoms with Crippen molar-refractivity contribution in [2.45, 2.75) is 24.6 Å². The first kappa shape index (κ1) is 18.2. The Hall–Kier alpha value is -2.58. The van der Waals surface area contributed by atoms with E-state index in [-0.39, 0.29) is 23.9 Å². The number of aliphatic hydroxyl groups excluding tert-OH is 3. The second-order valence-corrected chi connectivity index (χ2v) is 6.05. The number of aliphatic hydroxyl groups is 3. The molecule has 2 aromatic rings. The van der Waals surface area contributed by atoms with Crippen LogP contribution in [0.25, 0.3) is 12.2 Å². The van der Waals surface area contributed by atoms with Gasteiger partial charge in [-0.25, -0.2) is 0 Å². The van der Waals surface area contributed by atoms with Crippen LogP contribution in [-0.2, 0) is 4.74 Å². The number of phenolic OH excluding ortho intramolecular Hbond substituents is 2. The SMILES string of the molecule is Oc1ccc(/C=C/c2cc(O)cc(O[C@@H]3OC[C@H](O)[C@H](O)[C@H]3O)c2)cc1. The minimum atomic E-state index is -1.42. The van der Waals surface area contributed by atoms with Gasteiger partial charge in [0, 0.05) is 6.07 Å². The van der Waals surface area contributed by atoms with Crippen molar-refractivity contribution in [1.29, 1.82) is 0 Å². The quantitative estimate of drug-likeness (QED) is 0.518. The molecule has 5 N–H and O–H groups in total. The average Bonchev–Trinajstić information content (AvgIpc) is 2.61. The summed E-state index contributed by atoms with van der Waals surface area (Å²) in [5, 5.41) is 48.2. The summed E-state index contributed by atoms with van der Waals surface area (Å²) in [6.45, 7) is -0.171. The van der Waals surface area contributed by atoms with Crippen molar-refractivity contribution >= 4 is 12.2 Å². The molecule has 0 amide bonds.